The lowest BCUT2D eigenvalue weighted by Gasteiger charge is -2.36. The highest BCUT2D eigenvalue weighted by atomic mass is 16.4. The fourth-order valence-corrected chi connectivity index (χ4v) is 18.2. The summed E-state index contributed by atoms with van der Waals surface area (Å²) >= 11 is 0. The maximum Gasteiger partial charge on any atom is 0.340 e. The molecule has 0 saturated carbocycles. The zero-order valence-electron chi connectivity index (χ0n) is 70.6. The molecule has 3 aliphatic rings. The van der Waals surface area contributed by atoms with Crippen LogP contribution in [0.1, 0.15) is 171 Å². The first kappa shape index (κ1) is 82.6. The van der Waals surface area contributed by atoms with Crippen LogP contribution in [0.25, 0.3) is 50.2 Å². The lowest BCUT2D eigenvalue weighted by Crippen LogP contribution is -2.58. The van der Waals surface area contributed by atoms with E-state index in [1.165, 1.54) is 27.8 Å². The smallest absolute Gasteiger partial charge is 0.340 e. The number of aryl methyl sites for hydroxylation is 2. The molecular weight excluding hydrogens is 1500 g/mol. The minimum absolute atomic E-state index is 0.0584. The number of imidazole rings is 4. The molecule has 0 amide bonds. The number of allylic oxidation sites excluding steroid dienone is 3. The van der Waals surface area contributed by atoms with Crippen molar-refractivity contribution in [2.24, 2.45) is 28.5 Å². The minimum atomic E-state index is -0.932. The Morgan fingerprint density at radius 3 is 1.55 bits per heavy atom. The predicted octanol–water partition coefficient (Wildman–Crippen LogP) is 17.0. The van der Waals surface area contributed by atoms with Crippen LogP contribution in [0, 0.1) is 47.3 Å². The van der Waals surface area contributed by atoms with Crippen molar-refractivity contribution in [3.05, 3.63) is 342 Å². The molecule has 0 radical (unpaired) electrons. The third-order valence-electron chi connectivity index (χ3n) is 25.0. The summed E-state index contributed by atoms with van der Waals surface area (Å²) in [5.41, 5.74) is 27.9. The van der Waals surface area contributed by atoms with Crippen molar-refractivity contribution in [2.45, 2.75) is 182 Å². The van der Waals surface area contributed by atoms with Gasteiger partial charge in [0.25, 0.3) is 0 Å². The van der Waals surface area contributed by atoms with Crippen LogP contribution in [0.4, 0.5) is 0 Å². The average molecular weight is 1610 g/mol. The highest BCUT2D eigenvalue weighted by Gasteiger charge is 2.31. The number of nitrogens with one attached hydrogen (secondary N) is 2. The normalized spacial score (nSPS) is 17.4. The molecule has 616 valence electrons. The number of fused-ring (bicyclic) bond motifs is 6. The Hall–Kier alpha value is -12.0. The van der Waals surface area contributed by atoms with Crippen molar-refractivity contribution < 1.29 is 9.52 Å². The summed E-state index contributed by atoms with van der Waals surface area (Å²) in [6.07, 6.45) is 13.6. The topological polar surface area (TPSA) is 238 Å². The average Bonchev–Trinajstić information content (AvgIpc) is 1.78. The number of benzene rings is 8. The second-order valence-electron chi connectivity index (χ2n) is 33.8. The second-order valence-corrected chi connectivity index (χ2v) is 33.8. The number of para-hydroxylation sites is 8. The molecule has 0 saturated heterocycles. The molecule has 0 spiro atoms. The number of hydrogen-bond donors (Lipinski definition) is 4. The van der Waals surface area contributed by atoms with Crippen LogP contribution in [0.2, 0.25) is 0 Å². The van der Waals surface area contributed by atoms with E-state index in [0.717, 1.165) is 139 Å². The molecule has 5 N–H and O–H groups in total. The Morgan fingerprint density at radius 1 is 0.636 bits per heavy atom. The van der Waals surface area contributed by atoms with Crippen molar-refractivity contribution in [3.63, 3.8) is 0 Å². The predicted molar refractivity (Wildman–Crippen MR) is 482 cm³/mol. The molecule has 5 aromatic heterocycles. The standard InChI is InChI=1S/C102H110N16O3/c1-9-20-81-51-83-52-86(70(8)107-101(83)121-102(81)120)85(11-3)80-45-39-74(40-46-80)59-118-94-28-19-15-24-90(94)111-98(118)65-114(63-96-109-88-22-13-17-26-92(88)116(96)57-72-35-41-78(42-36-72)68(6)31-34-75-49-82-48-69(7)99(105)112-100(82)106-55-75)61-84(119)60-113(62-95-108-87-21-12-16-25-91(87)115(95)56-71-32-29-66(4)30-33-71)64-97-110-89-23-14-18-27-93(89)117(97)58-73-37-43-79(44-38-73)77(10-2)50-76(54-104)47-67(5)53-103/h12-19,21-30,32-33,35-49,51-52,68-69,76-77,84-86,99-100,106,112,119H,8-11,20,31,34,50,55-65,105H2,1-7H3/b67-47-. The van der Waals surface area contributed by atoms with Gasteiger partial charge in [-0.05, 0) is 169 Å². The summed E-state index contributed by atoms with van der Waals surface area (Å²) in [5.74, 6) is 3.78. The molecule has 19 nitrogen and oxygen atoms in total. The summed E-state index contributed by atoms with van der Waals surface area (Å²) in [5, 5.41) is 41.4. The largest absolute Gasteiger partial charge is 0.403 e. The molecule has 19 heteroatoms. The lowest BCUT2D eigenvalue weighted by molar-refractivity contribution is 0.0585. The minimum Gasteiger partial charge on any atom is -0.403 e. The van der Waals surface area contributed by atoms with Crippen LogP contribution in [0.3, 0.4) is 0 Å². The summed E-state index contributed by atoms with van der Waals surface area (Å²) in [7, 11) is 0. The number of nitriles is 2. The third-order valence-corrected chi connectivity index (χ3v) is 25.0. The van der Waals surface area contributed by atoms with Crippen molar-refractivity contribution in [3.8, 4) is 12.1 Å². The van der Waals surface area contributed by atoms with Crippen molar-refractivity contribution in [1.29, 1.82) is 10.5 Å². The molecule has 3 aliphatic heterocycles. The highest BCUT2D eigenvalue weighted by Crippen LogP contribution is 2.37. The van der Waals surface area contributed by atoms with E-state index in [1.807, 2.05) is 18.2 Å². The zero-order chi connectivity index (χ0) is 83.8. The molecule has 121 heavy (non-hydrogen) atoms. The number of hydrogen-bond acceptors (Lipinski definition) is 15. The summed E-state index contributed by atoms with van der Waals surface area (Å²) in [6.45, 7) is 24.3. The maximum absolute atomic E-state index is 13.6. The number of nitrogens with zero attached hydrogens (tertiary/aromatic N) is 13. The van der Waals surface area contributed by atoms with E-state index in [-0.39, 0.29) is 60.6 Å². The number of aliphatic hydroxyl groups excluding tert-OH is 1. The van der Waals surface area contributed by atoms with Gasteiger partial charge in [-0.15, -0.1) is 0 Å². The number of aliphatic hydroxyl groups is 1. The van der Waals surface area contributed by atoms with Gasteiger partial charge in [0, 0.05) is 79.7 Å². The maximum atomic E-state index is 13.6. The van der Waals surface area contributed by atoms with Crippen molar-refractivity contribution >= 4 is 50.2 Å². The molecule has 13 aromatic rings. The van der Waals surface area contributed by atoms with Crippen LogP contribution in [0.5, 0.6) is 0 Å². The SMILES string of the molecule is C=C1N=c2oc(=O)c(CCC)cc2=CC1C(CC)c1ccc(Cn2c(CN(Cc3nc4ccccc4n3Cc3ccc(C(C)CCC4=CC5=CC(C)C(N)NC5NC4)cc3)CC(O)CN(Cc3nc4ccccc4n3Cc3ccc(C)cc3)Cc3nc4ccccc4n3Cc3ccc(C(CC)CC(C#N)/C=C(/C)C#N)cc3)nc3ccccc32)cc1. The fraction of sp³-hybridized carbons (Fsp3) is 0.333. The van der Waals surface area contributed by atoms with E-state index in [4.69, 9.17) is 35.1 Å². The number of nitrogens with two attached hydrogens (primary N) is 1. The van der Waals surface area contributed by atoms with E-state index in [9.17, 15) is 20.4 Å². The Bertz CT molecular complexity index is 6280. The summed E-state index contributed by atoms with van der Waals surface area (Å²) < 4.78 is 15.1. The Morgan fingerprint density at radius 2 is 1.10 bits per heavy atom. The Balaban J connectivity index is 0.738. The summed E-state index contributed by atoms with van der Waals surface area (Å²) in [6, 6.07) is 75.7. The molecule has 16 rings (SSSR count). The Kier molecular flexibility index (Phi) is 25.5. The fourth-order valence-electron chi connectivity index (χ4n) is 18.2. The molecule has 9 atom stereocenters. The van der Waals surface area contributed by atoms with Crippen LogP contribution in [0.15, 0.2) is 262 Å². The Labute approximate surface area is 709 Å². The molecular formula is C102H110N16O3. The van der Waals surface area contributed by atoms with Gasteiger partial charge in [0.1, 0.15) is 23.3 Å². The van der Waals surface area contributed by atoms with Crippen molar-refractivity contribution in [1.82, 2.24) is 58.6 Å². The van der Waals surface area contributed by atoms with Gasteiger partial charge in [0.05, 0.1) is 107 Å². The van der Waals surface area contributed by atoms with Gasteiger partial charge in [-0.1, -0.05) is 229 Å². The van der Waals surface area contributed by atoms with Gasteiger partial charge < -0.3 is 33.5 Å². The first-order valence-electron chi connectivity index (χ1n) is 43.2. The molecule has 9 unspecified atom stereocenters. The summed E-state index contributed by atoms with van der Waals surface area (Å²) in [4.78, 5) is 44.4. The first-order chi connectivity index (χ1) is 58.9. The van der Waals surface area contributed by atoms with Gasteiger partial charge in [0.15, 0.2) is 0 Å². The van der Waals surface area contributed by atoms with E-state index >= 15 is 0 Å². The van der Waals surface area contributed by atoms with Gasteiger partial charge >= 0.3 is 5.63 Å². The molecule has 8 aromatic carbocycles. The number of aromatic nitrogens is 8. The van der Waals surface area contributed by atoms with Gasteiger partial charge in [-0.25, -0.2) is 29.7 Å². The van der Waals surface area contributed by atoms with Crippen LogP contribution < -0.4 is 32.8 Å². The highest BCUT2D eigenvalue weighted by molar-refractivity contribution is 5.78. The molecule has 0 bridgehead atoms. The molecule has 0 aliphatic carbocycles. The second kappa shape index (κ2) is 37.3. The quantitative estimate of drug-likeness (QED) is 0.0275. The van der Waals surface area contributed by atoms with Gasteiger partial charge in [0.2, 0.25) is 5.55 Å². The molecule has 0 fully saturated rings. The van der Waals surface area contributed by atoms with Crippen LogP contribution in [-0.2, 0) is 58.8 Å². The first-order valence-corrected chi connectivity index (χ1v) is 43.2. The van der Waals surface area contributed by atoms with Gasteiger partial charge in [-0.2, -0.15) is 10.5 Å². The van der Waals surface area contributed by atoms with Crippen LogP contribution >= 0.6 is 0 Å². The van der Waals surface area contributed by atoms with Crippen LogP contribution in [-0.4, -0.2) is 91.2 Å². The lowest BCUT2D eigenvalue weighted by atomic mass is 9.81. The zero-order valence-corrected chi connectivity index (χ0v) is 70.6. The van der Waals surface area contributed by atoms with E-state index in [1.54, 1.807) is 13.0 Å². The monoisotopic (exact) mass is 1610 g/mol. The number of rotatable bonds is 34. The third kappa shape index (κ3) is 18.9. The van der Waals surface area contributed by atoms with Crippen molar-refractivity contribution in [2.75, 3.05) is 19.6 Å². The van der Waals surface area contributed by atoms with E-state index < -0.39 is 6.10 Å². The van der Waals surface area contributed by atoms with E-state index in [2.05, 4.69) is 299 Å². The molecule has 8 heterocycles. The van der Waals surface area contributed by atoms with E-state index in [0.29, 0.717) is 93.5 Å². The van der Waals surface area contributed by atoms with Gasteiger partial charge in [-0.3, -0.25) is 20.4 Å².